The summed E-state index contributed by atoms with van der Waals surface area (Å²) in [5.41, 5.74) is 0.624. The molecular weight excluding hydrogens is 358 g/mol. The molecule has 0 saturated heterocycles. The normalized spacial score (nSPS) is 12.8. The Balaban J connectivity index is 2.31. The molecule has 2 aromatic carbocycles. The molecule has 7 heteroatoms. The Bertz CT molecular complexity index is 766. The molecule has 0 aliphatic carbocycles. The van der Waals surface area contributed by atoms with Crippen molar-refractivity contribution in [1.29, 1.82) is 0 Å². The monoisotopic (exact) mass is 377 g/mol. The number of amides is 1. The third-order valence-corrected chi connectivity index (χ3v) is 3.93. The molecule has 0 bridgehead atoms. The molecule has 0 aromatic heterocycles. The van der Waals surface area contributed by atoms with E-state index in [2.05, 4.69) is 5.32 Å². The van der Waals surface area contributed by atoms with Crippen LogP contribution in [0.4, 0.5) is 0 Å². The maximum absolute atomic E-state index is 12.7. The van der Waals surface area contributed by atoms with Gasteiger partial charge in [0.1, 0.15) is 11.9 Å². The van der Waals surface area contributed by atoms with E-state index < -0.39 is 24.0 Å². The molecule has 6 nitrogen and oxygen atoms in total. The highest BCUT2D eigenvalue weighted by Crippen LogP contribution is 2.24. The molecule has 2 N–H and O–H groups in total. The van der Waals surface area contributed by atoms with E-state index in [1.54, 1.807) is 49.4 Å². The first-order chi connectivity index (χ1) is 12.5. The maximum atomic E-state index is 12.7. The SMILES string of the molecule is CCOC(=O)C(NC(=O)c1cc(Cl)ccc1OC)C(O)c1ccccc1. The predicted molar refractivity (Wildman–Crippen MR) is 97.3 cm³/mol. The van der Waals surface area contributed by atoms with Crippen molar-refractivity contribution in [2.75, 3.05) is 13.7 Å². The minimum absolute atomic E-state index is 0.118. The Labute approximate surface area is 156 Å². The van der Waals surface area contributed by atoms with E-state index in [1.807, 2.05) is 0 Å². The second-order valence-corrected chi connectivity index (χ2v) is 5.84. The first-order valence-corrected chi connectivity index (χ1v) is 8.39. The summed E-state index contributed by atoms with van der Waals surface area (Å²) < 4.78 is 10.2. The van der Waals surface area contributed by atoms with Gasteiger partial charge in [0, 0.05) is 5.02 Å². The van der Waals surface area contributed by atoms with Crippen molar-refractivity contribution in [1.82, 2.24) is 5.32 Å². The molecule has 26 heavy (non-hydrogen) atoms. The number of halogens is 1. The number of hydrogen-bond acceptors (Lipinski definition) is 5. The molecule has 0 radical (unpaired) electrons. The van der Waals surface area contributed by atoms with Gasteiger partial charge in [0.15, 0.2) is 6.04 Å². The van der Waals surface area contributed by atoms with E-state index in [4.69, 9.17) is 21.1 Å². The van der Waals surface area contributed by atoms with Gasteiger partial charge in [-0.2, -0.15) is 0 Å². The van der Waals surface area contributed by atoms with Crippen LogP contribution in [0.25, 0.3) is 0 Å². The van der Waals surface area contributed by atoms with Crippen molar-refractivity contribution >= 4 is 23.5 Å². The topological polar surface area (TPSA) is 84.9 Å². The van der Waals surface area contributed by atoms with Gasteiger partial charge in [0.05, 0.1) is 19.3 Å². The number of ether oxygens (including phenoxy) is 2. The van der Waals surface area contributed by atoms with Crippen LogP contribution in [0.3, 0.4) is 0 Å². The van der Waals surface area contributed by atoms with Crippen LogP contribution in [0.1, 0.15) is 28.9 Å². The molecule has 2 rings (SSSR count). The largest absolute Gasteiger partial charge is 0.496 e. The molecule has 2 aromatic rings. The molecule has 2 atom stereocenters. The lowest BCUT2D eigenvalue weighted by molar-refractivity contribution is -0.148. The van der Waals surface area contributed by atoms with Crippen LogP contribution in [-0.2, 0) is 9.53 Å². The summed E-state index contributed by atoms with van der Waals surface area (Å²) in [7, 11) is 1.42. The number of aliphatic hydroxyl groups excluding tert-OH is 1. The van der Waals surface area contributed by atoms with Crippen molar-refractivity contribution < 1.29 is 24.2 Å². The standard InChI is InChI=1S/C19H20ClNO5/c1-3-26-19(24)16(17(22)12-7-5-4-6-8-12)21-18(23)14-11-13(20)9-10-15(14)25-2/h4-11,16-17,22H,3H2,1-2H3,(H,21,23). The number of rotatable bonds is 7. The van der Waals surface area contributed by atoms with E-state index in [1.165, 1.54) is 13.2 Å². The Kier molecular flexibility index (Phi) is 7.00. The number of benzene rings is 2. The third kappa shape index (κ3) is 4.74. The lowest BCUT2D eigenvalue weighted by Crippen LogP contribution is -2.46. The average molecular weight is 378 g/mol. The Morgan fingerprint density at radius 1 is 1.19 bits per heavy atom. The van der Waals surface area contributed by atoms with E-state index in [0.717, 1.165) is 0 Å². The first kappa shape index (κ1) is 19.8. The lowest BCUT2D eigenvalue weighted by Gasteiger charge is -2.23. The second kappa shape index (κ2) is 9.22. The predicted octanol–water partition coefficient (Wildman–Crippen LogP) is 2.74. The van der Waals surface area contributed by atoms with Crippen LogP contribution < -0.4 is 10.1 Å². The second-order valence-electron chi connectivity index (χ2n) is 5.40. The fourth-order valence-electron chi connectivity index (χ4n) is 2.42. The van der Waals surface area contributed by atoms with E-state index in [0.29, 0.717) is 16.3 Å². The smallest absolute Gasteiger partial charge is 0.331 e. The summed E-state index contributed by atoms with van der Waals surface area (Å²) in [5.74, 6) is -1.06. The lowest BCUT2D eigenvalue weighted by atomic mass is 10.0. The minimum Gasteiger partial charge on any atom is -0.496 e. The van der Waals surface area contributed by atoms with E-state index >= 15 is 0 Å². The number of hydrogen-bond donors (Lipinski definition) is 2. The van der Waals surface area contributed by atoms with Gasteiger partial charge in [-0.1, -0.05) is 41.9 Å². The quantitative estimate of drug-likeness (QED) is 0.725. The molecule has 0 aliphatic rings. The zero-order valence-corrected chi connectivity index (χ0v) is 15.2. The highest BCUT2D eigenvalue weighted by molar-refractivity contribution is 6.31. The summed E-state index contributed by atoms with van der Waals surface area (Å²) in [6, 6.07) is 11.8. The number of esters is 1. The zero-order valence-electron chi connectivity index (χ0n) is 14.4. The number of nitrogens with one attached hydrogen (secondary N) is 1. The Morgan fingerprint density at radius 2 is 1.88 bits per heavy atom. The van der Waals surface area contributed by atoms with Crippen LogP contribution in [0.2, 0.25) is 5.02 Å². The summed E-state index contributed by atoms with van der Waals surface area (Å²) in [6.07, 6.45) is -1.27. The van der Waals surface area contributed by atoms with E-state index in [9.17, 15) is 14.7 Å². The van der Waals surface area contributed by atoms with Crippen LogP contribution in [-0.4, -0.2) is 36.7 Å². The van der Waals surface area contributed by atoms with Crippen molar-refractivity contribution in [3.05, 3.63) is 64.7 Å². The number of aliphatic hydroxyl groups is 1. The molecule has 0 saturated carbocycles. The summed E-state index contributed by atoms with van der Waals surface area (Å²) in [5, 5.41) is 13.4. The summed E-state index contributed by atoms with van der Waals surface area (Å²) in [6.45, 7) is 1.76. The highest BCUT2D eigenvalue weighted by Gasteiger charge is 2.32. The number of carbonyl (C=O) groups is 2. The van der Waals surface area contributed by atoms with Crippen LogP contribution >= 0.6 is 11.6 Å². The van der Waals surface area contributed by atoms with Gasteiger partial charge < -0.3 is 19.9 Å². The molecule has 1 amide bonds. The highest BCUT2D eigenvalue weighted by atomic mass is 35.5. The van der Waals surface area contributed by atoms with Crippen LogP contribution in [0.15, 0.2) is 48.5 Å². The Hall–Kier alpha value is -2.57. The summed E-state index contributed by atoms with van der Waals surface area (Å²) >= 11 is 5.95. The van der Waals surface area contributed by atoms with E-state index in [-0.39, 0.29) is 12.2 Å². The fraction of sp³-hybridized carbons (Fsp3) is 0.263. The molecule has 138 valence electrons. The molecule has 0 aliphatic heterocycles. The molecule has 0 fully saturated rings. The van der Waals surface area contributed by atoms with Crippen molar-refractivity contribution in [3.8, 4) is 5.75 Å². The maximum Gasteiger partial charge on any atom is 0.331 e. The fourth-order valence-corrected chi connectivity index (χ4v) is 2.59. The first-order valence-electron chi connectivity index (χ1n) is 8.02. The molecule has 0 heterocycles. The third-order valence-electron chi connectivity index (χ3n) is 3.69. The molecular formula is C19H20ClNO5. The van der Waals surface area contributed by atoms with Crippen molar-refractivity contribution in [2.45, 2.75) is 19.1 Å². The Morgan fingerprint density at radius 3 is 2.50 bits per heavy atom. The average Bonchev–Trinajstić information content (AvgIpc) is 2.66. The van der Waals surface area contributed by atoms with Crippen molar-refractivity contribution in [3.63, 3.8) is 0 Å². The van der Waals surface area contributed by atoms with Crippen LogP contribution in [0, 0.1) is 0 Å². The minimum atomic E-state index is -1.28. The van der Waals surface area contributed by atoms with Gasteiger partial charge >= 0.3 is 5.97 Å². The molecule has 0 spiro atoms. The van der Waals surface area contributed by atoms with Gasteiger partial charge in [0.2, 0.25) is 0 Å². The summed E-state index contributed by atoms with van der Waals surface area (Å²) in [4.78, 5) is 25.0. The molecule has 2 unspecified atom stereocenters. The number of carbonyl (C=O) groups excluding carboxylic acids is 2. The van der Waals surface area contributed by atoms with Gasteiger partial charge in [0.25, 0.3) is 5.91 Å². The zero-order chi connectivity index (χ0) is 19.1. The van der Waals surface area contributed by atoms with Crippen LogP contribution in [0.5, 0.6) is 5.75 Å². The van der Waals surface area contributed by atoms with Gasteiger partial charge in [-0.15, -0.1) is 0 Å². The van der Waals surface area contributed by atoms with Gasteiger partial charge in [-0.3, -0.25) is 4.79 Å². The number of methoxy groups -OCH3 is 1. The van der Waals surface area contributed by atoms with Crippen molar-refractivity contribution in [2.24, 2.45) is 0 Å². The van der Waals surface area contributed by atoms with Gasteiger partial charge in [-0.05, 0) is 30.7 Å². The van der Waals surface area contributed by atoms with Gasteiger partial charge in [-0.25, -0.2) is 4.79 Å².